The van der Waals surface area contributed by atoms with E-state index in [9.17, 15) is 9.59 Å². The Kier molecular flexibility index (Phi) is 6.36. The van der Waals surface area contributed by atoms with Crippen LogP contribution in [-0.4, -0.2) is 16.8 Å². The molecule has 1 aromatic heterocycles. The Bertz CT molecular complexity index is 1270. The molecule has 1 heterocycles. The van der Waals surface area contributed by atoms with E-state index in [2.05, 4.69) is 15.6 Å². The van der Waals surface area contributed by atoms with Gasteiger partial charge in [-0.1, -0.05) is 55.8 Å². The van der Waals surface area contributed by atoms with Crippen molar-refractivity contribution in [1.82, 2.24) is 4.98 Å². The zero-order valence-electron chi connectivity index (χ0n) is 18.8. The van der Waals surface area contributed by atoms with Gasteiger partial charge in [-0.05, 0) is 43.3 Å². The van der Waals surface area contributed by atoms with Gasteiger partial charge in [0.1, 0.15) is 0 Å². The zero-order valence-corrected chi connectivity index (χ0v) is 18.8. The first-order valence-electron chi connectivity index (χ1n) is 10.8. The maximum absolute atomic E-state index is 13.0. The van der Waals surface area contributed by atoms with E-state index >= 15 is 0 Å². The lowest BCUT2D eigenvalue weighted by molar-refractivity contribution is -0.118. The van der Waals surface area contributed by atoms with Gasteiger partial charge in [-0.2, -0.15) is 0 Å². The quantitative estimate of drug-likeness (QED) is 0.377. The van der Waals surface area contributed by atoms with E-state index in [1.54, 1.807) is 42.6 Å². The minimum absolute atomic E-state index is 0.0586. The number of nitrogens with zero attached hydrogens (tertiary/aromatic N) is 1. The Morgan fingerprint density at radius 1 is 0.848 bits per heavy atom. The van der Waals surface area contributed by atoms with E-state index in [0.29, 0.717) is 34.2 Å². The Balaban J connectivity index is 1.52. The first-order valence-corrected chi connectivity index (χ1v) is 10.8. The molecular weight excluding hydrogens is 414 g/mol. The summed E-state index contributed by atoms with van der Waals surface area (Å²) in [6.45, 7) is 5.69. The summed E-state index contributed by atoms with van der Waals surface area (Å²) >= 11 is 0. The van der Waals surface area contributed by atoms with E-state index in [1.165, 1.54) is 0 Å². The van der Waals surface area contributed by atoms with E-state index in [-0.39, 0.29) is 17.7 Å². The molecular formula is C27H25N3O3. The van der Waals surface area contributed by atoms with E-state index in [4.69, 9.17) is 4.42 Å². The highest BCUT2D eigenvalue weighted by atomic mass is 16.4. The van der Waals surface area contributed by atoms with Crippen molar-refractivity contribution in [2.75, 3.05) is 10.6 Å². The summed E-state index contributed by atoms with van der Waals surface area (Å²) in [5.41, 5.74) is 4.43. The maximum Gasteiger partial charge on any atom is 0.256 e. The van der Waals surface area contributed by atoms with Gasteiger partial charge in [0.25, 0.3) is 5.91 Å². The third-order valence-electron chi connectivity index (χ3n) is 5.18. The Hall–Kier alpha value is -4.19. The van der Waals surface area contributed by atoms with Crippen molar-refractivity contribution >= 4 is 23.2 Å². The second kappa shape index (κ2) is 9.53. The molecule has 0 saturated heterocycles. The number of amides is 2. The van der Waals surface area contributed by atoms with Crippen LogP contribution in [0.2, 0.25) is 0 Å². The van der Waals surface area contributed by atoms with Crippen LogP contribution in [0.4, 0.5) is 11.4 Å². The number of hydrogen-bond donors (Lipinski definition) is 2. The van der Waals surface area contributed by atoms with Crippen LogP contribution in [0.15, 0.2) is 83.4 Å². The van der Waals surface area contributed by atoms with Crippen LogP contribution in [-0.2, 0) is 4.79 Å². The van der Waals surface area contributed by atoms with Crippen molar-refractivity contribution < 1.29 is 14.0 Å². The third kappa shape index (κ3) is 5.18. The number of oxazole rings is 1. The van der Waals surface area contributed by atoms with Gasteiger partial charge in [0.2, 0.25) is 11.8 Å². The summed E-state index contributed by atoms with van der Waals surface area (Å²) in [7, 11) is 0. The second-order valence-electron chi connectivity index (χ2n) is 8.12. The number of benzene rings is 3. The summed E-state index contributed by atoms with van der Waals surface area (Å²) in [5, 5.41) is 5.73. The predicted molar refractivity (Wildman–Crippen MR) is 130 cm³/mol. The fraction of sp³-hybridized carbons (Fsp3) is 0.148. The highest BCUT2D eigenvalue weighted by Crippen LogP contribution is 2.29. The average molecular weight is 440 g/mol. The van der Waals surface area contributed by atoms with Gasteiger partial charge >= 0.3 is 0 Å². The van der Waals surface area contributed by atoms with Gasteiger partial charge in [0, 0.05) is 28.4 Å². The number of hydrogen-bond acceptors (Lipinski definition) is 4. The minimum atomic E-state index is -0.278. The van der Waals surface area contributed by atoms with Gasteiger partial charge in [-0.15, -0.1) is 0 Å². The number of carbonyl (C=O) groups is 2. The zero-order chi connectivity index (χ0) is 23.4. The molecule has 6 heteroatoms. The monoisotopic (exact) mass is 439 g/mol. The first-order chi connectivity index (χ1) is 15.9. The summed E-state index contributed by atoms with van der Waals surface area (Å²) in [6, 6.07) is 22.2. The standard InChI is InChI=1S/C27H25N3O3/c1-17(2)25(31)29-20-12-14-21(15-13-20)30-26(32)22-6-4-5-7-23(22)27-28-16-24(33-27)19-10-8-18(3)9-11-19/h4-17H,1-3H3,(H,29,31)(H,30,32). The second-order valence-corrected chi connectivity index (χ2v) is 8.12. The highest BCUT2D eigenvalue weighted by Gasteiger charge is 2.17. The topological polar surface area (TPSA) is 84.2 Å². The van der Waals surface area contributed by atoms with Crippen molar-refractivity contribution in [1.29, 1.82) is 0 Å². The van der Waals surface area contributed by atoms with E-state index in [1.807, 2.05) is 57.2 Å². The molecule has 0 aliphatic carbocycles. The van der Waals surface area contributed by atoms with E-state index < -0.39 is 0 Å². The summed E-state index contributed by atoms with van der Waals surface area (Å²) < 4.78 is 5.98. The number of carbonyl (C=O) groups excluding carboxylic acids is 2. The number of aromatic nitrogens is 1. The van der Waals surface area contributed by atoms with Crippen LogP contribution in [0, 0.1) is 12.8 Å². The third-order valence-corrected chi connectivity index (χ3v) is 5.18. The minimum Gasteiger partial charge on any atom is -0.436 e. The van der Waals surface area contributed by atoms with Crippen molar-refractivity contribution in [2.45, 2.75) is 20.8 Å². The molecule has 0 bridgehead atoms. The van der Waals surface area contributed by atoms with Gasteiger partial charge in [-0.3, -0.25) is 9.59 Å². The molecule has 166 valence electrons. The number of aryl methyl sites for hydroxylation is 1. The smallest absolute Gasteiger partial charge is 0.256 e. The maximum atomic E-state index is 13.0. The van der Waals surface area contributed by atoms with Gasteiger partial charge in [0.15, 0.2) is 5.76 Å². The fourth-order valence-corrected chi connectivity index (χ4v) is 3.24. The van der Waals surface area contributed by atoms with Crippen LogP contribution >= 0.6 is 0 Å². The molecule has 0 fully saturated rings. The Labute approximate surface area is 192 Å². The SMILES string of the molecule is Cc1ccc(-c2cnc(-c3ccccc3C(=O)Nc3ccc(NC(=O)C(C)C)cc3)o2)cc1. The van der Waals surface area contributed by atoms with Crippen LogP contribution in [0.25, 0.3) is 22.8 Å². The van der Waals surface area contributed by atoms with Gasteiger partial charge in [-0.25, -0.2) is 4.98 Å². The van der Waals surface area contributed by atoms with Crippen LogP contribution in [0.1, 0.15) is 29.8 Å². The average Bonchev–Trinajstić information content (AvgIpc) is 3.31. The molecule has 0 unspecified atom stereocenters. The Morgan fingerprint density at radius 3 is 2.15 bits per heavy atom. The van der Waals surface area contributed by atoms with Crippen molar-refractivity contribution in [3.63, 3.8) is 0 Å². The number of anilines is 2. The predicted octanol–water partition coefficient (Wildman–Crippen LogP) is 6.16. The molecule has 4 rings (SSSR count). The normalized spacial score (nSPS) is 10.8. The molecule has 4 aromatic rings. The molecule has 2 amide bonds. The lowest BCUT2D eigenvalue weighted by Gasteiger charge is -2.10. The molecule has 0 aliphatic heterocycles. The van der Waals surface area contributed by atoms with Crippen molar-refractivity contribution in [2.24, 2.45) is 5.92 Å². The van der Waals surface area contributed by atoms with Gasteiger partial charge in [0.05, 0.1) is 11.8 Å². The molecule has 6 nitrogen and oxygen atoms in total. The molecule has 2 N–H and O–H groups in total. The van der Waals surface area contributed by atoms with Gasteiger partial charge < -0.3 is 15.1 Å². The number of nitrogens with one attached hydrogen (secondary N) is 2. The Morgan fingerprint density at radius 2 is 1.48 bits per heavy atom. The first kappa shape index (κ1) is 22.0. The molecule has 0 aliphatic rings. The number of rotatable bonds is 6. The van der Waals surface area contributed by atoms with Crippen molar-refractivity contribution in [3.8, 4) is 22.8 Å². The fourth-order valence-electron chi connectivity index (χ4n) is 3.24. The van der Waals surface area contributed by atoms with E-state index in [0.717, 1.165) is 11.1 Å². The molecule has 0 atom stereocenters. The van der Waals surface area contributed by atoms with Crippen LogP contribution < -0.4 is 10.6 Å². The molecule has 33 heavy (non-hydrogen) atoms. The largest absolute Gasteiger partial charge is 0.436 e. The van der Waals surface area contributed by atoms with Crippen LogP contribution in [0.3, 0.4) is 0 Å². The van der Waals surface area contributed by atoms with Crippen LogP contribution in [0.5, 0.6) is 0 Å². The summed E-state index contributed by atoms with van der Waals surface area (Å²) in [4.78, 5) is 29.3. The lowest BCUT2D eigenvalue weighted by Crippen LogP contribution is -2.17. The molecule has 0 saturated carbocycles. The molecule has 3 aromatic carbocycles. The lowest BCUT2D eigenvalue weighted by atomic mass is 10.1. The summed E-state index contributed by atoms with van der Waals surface area (Å²) in [6.07, 6.45) is 1.67. The molecule has 0 radical (unpaired) electrons. The summed E-state index contributed by atoms with van der Waals surface area (Å²) in [5.74, 6) is 0.571. The van der Waals surface area contributed by atoms with Crippen molar-refractivity contribution in [3.05, 3.63) is 90.1 Å². The molecule has 0 spiro atoms. The highest BCUT2D eigenvalue weighted by molar-refractivity contribution is 6.08.